The van der Waals surface area contributed by atoms with Crippen LogP contribution in [0.25, 0.3) is 22.8 Å². The zero-order chi connectivity index (χ0) is 21.8. The van der Waals surface area contributed by atoms with Gasteiger partial charge in [-0.05, 0) is 83.9 Å². The first kappa shape index (κ1) is 19.1. The van der Waals surface area contributed by atoms with Crippen LogP contribution in [0.5, 0.6) is 0 Å². The molecule has 3 aliphatic rings. The summed E-state index contributed by atoms with van der Waals surface area (Å²) < 4.78 is 15.1. The Morgan fingerprint density at radius 3 is 2.94 bits per heavy atom. The van der Waals surface area contributed by atoms with Gasteiger partial charge in [-0.2, -0.15) is 0 Å². The summed E-state index contributed by atoms with van der Waals surface area (Å²) >= 11 is 0. The molecule has 2 aromatic heterocycles. The van der Waals surface area contributed by atoms with E-state index in [0.717, 1.165) is 70.6 Å². The standard InChI is InChI=1S/C27H22FN3O/c1-15-23(14-31-25-3-2-5-30-27(15)25)18-10-20-21(24(28)11-18)12-26(32)22(20)9-16-7-17-4-6-29-13-19(17)8-16/h4,6-7,9-11,13-14,30H,2-3,5,8,12H2,1H3/b22-9-. The molecule has 0 saturated heterocycles. The minimum absolute atomic E-state index is 0.0343. The van der Waals surface area contributed by atoms with Crippen LogP contribution < -0.4 is 5.32 Å². The number of aromatic nitrogens is 2. The molecular formula is C27H22FN3O. The van der Waals surface area contributed by atoms with Crippen LogP contribution in [0.2, 0.25) is 0 Å². The number of anilines is 1. The van der Waals surface area contributed by atoms with Crippen molar-refractivity contribution in [3.8, 4) is 11.1 Å². The lowest BCUT2D eigenvalue weighted by molar-refractivity contribution is -0.112. The Bertz CT molecular complexity index is 1370. The Morgan fingerprint density at radius 1 is 1.16 bits per heavy atom. The quantitative estimate of drug-likeness (QED) is 0.583. The molecule has 32 heavy (non-hydrogen) atoms. The molecule has 3 heterocycles. The van der Waals surface area contributed by atoms with Gasteiger partial charge in [0, 0.05) is 48.3 Å². The van der Waals surface area contributed by atoms with E-state index in [4.69, 9.17) is 0 Å². The van der Waals surface area contributed by atoms with Gasteiger partial charge in [-0.3, -0.25) is 14.8 Å². The Labute approximate surface area is 185 Å². The van der Waals surface area contributed by atoms with Crippen LogP contribution in [0.3, 0.4) is 0 Å². The summed E-state index contributed by atoms with van der Waals surface area (Å²) in [7, 11) is 0. The predicted molar refractivity (Wildman–Crippen MR) is 124 cm³/mol. The second-order valence-electron chi connectivity index (χ2n) is 8.76. The Kier molecular flexibility index (Phi) is 4.32. The molecule has 0 bridgehead atoms. The fraction of sp³-hybridized carbons (Fsp3) is 0.222. The van der Waals surface area contributed by atoms with Crippen molar-refractivity contribution in [1.29, 1.82) is 0 Å². The highest BCUT2D eigenvalue weighted by Crippen LogP contribution is 2.39. The number of allylic oxidation sites excluding steroid dienone is 3. The van der Waals surface area contributed by atoms with E-state index in [-0.39, 0.29) is 18.0 Å². The molecule has 1 N–H and O–H groups in total. The molecule has 3 aromatic rings. The molecule has 0 spiro atoms. The van der Waals surface area contributed by atoms with E-state index in [2.05, 4.69) is 28.3 Å². The molecule has 1 aromatic carbocycles. The summed E-state index contributed by atoms with van der Waals surface area (Å²) in [6, 6.07) is 5.48. The predicted octanol–water partition coefficient (Wildman–Crippen LogP) is 5.10. The second-order valence-corrected chi connectivity index (χ2v) is 8.76. The monoisotopic (exact) mass is 423 g/mol. The summed E-state index contributed by atoms with van der Waals surface area (Å²) in [5.41, 5.74) is 9.96. The van der Waals surface area contributed by atoms with Crippen molar-refractivity contribution in [2.75, 3.05) is 11.9 Å². The summed E-state index contributed by atoms with van der Waals surface area (Å²) in [6.07, 6.45) is 12.3. The van der Waals surface area contributed by atoms with Crippen LogP contribution in [-0.4, -0.2) is 22.3 Å². The van der Waals surface area contributed by atoms with E-state index >= 15 is 4.39 Å². The lowest BCUT2D eigenvalue weighted by Gasteiger charge is -2.21. The molecule has 158 valence electrons. The number of Topliss-reactive ketones (excluding diaryl/α,β-unsaturated/α-hetero) is 1. The molecule has 0 radical (unpaired) electrons. The SMILES string of the molecule is Cc1c(-c2cc(F)c3c(c2)/C(=C/C2=Cc4ccncc4C2)C(=O)C3)cnc2c1NCCC2. The average Bonchev–Trinajstić information content (AvgIpc) is 3.35. The summed E-state index contributed by atoms with van der Waals surface area (Å²) in [4.78, 5) is 21.7. The van der Waals surface area contributed by atoms with Gasteiger partial charge >= 0.3 is 0 Å². The Hall–Kier alpha value is -3.60. The maximum absolute atomic E-state index is 15.1. The van der Waals surface area contributed by atoms with Gasteiger partial charge in [0.2, 0.25) is 0 Å². The second kappa shape index (κ2) is 7.23. The highest BCUT2D eigenvalue weighted by Gasteiger charge is 2.29. The van der Waals surface area contributed by atoms with Crippen molar-refractivity contribution in [3.63, 3.8) is 0 Å². The van der Waals surface area contributed by atoms with Crippen molar-refractivity contribution in [2.24, 2.45) is 0 Å². The number of fused-ring (bicyclic) bond motifs is 3. The van der Waals surface area contributed by atoms with Crippen molar-refractivity contribution in [2.45, 2.75) is 32.6 Å². The van der Waals surface area contributed by atoms with Gasteiger partial charge in [0.1, 0.15) is 5.82 Å². The maximum atomic E-state index is 15.1. The first-order valence-corrected chi connectivity index (χ1v) is 11.0. The Morgan fingerprint density at radius 2 is 2.06 bits per heavy atom. The zero-order valence-corrected chi connectivity index (χ0v) is 17.8. The van der Waals surface area contributed by atoms with Crippen LogP contribution in [0.1, 0.15) is 39.9 Å². The van der Waals surface area contributed by atoms with Gasteiger partial charge in [-0.1, -0.05) is 6.08 Å². The van der Waals surface area contributed by atoms with Gasteiger partial charge in [0.05, 0.1) is 11.4 Å². The van der Waals surface area contributed by atoms with Crippen LogP contribution in [-0.2, 0) is 24.1 Å². The van der Waals surface area contributed by atoms with E-state index in [1.165, 1.54) is 0 Å². The van der Waals surface area contributed by atoms with Gasteiger partial charge in [-0.15, -0.1) is 0 Å². The minimum Gasteiger partial charge on any atom is -0.383 e. The summed E-state index contributed by atoms with van der Waals surface area (Å²) in [6.45, 7) is 2.97. The van der Waals surface area contributed by atoms with E-state index in [0.29, 0.717) is 16.7 Å². The molecule has 4 nitrogen and oxygen atoms in total. The third-order valence-corrected chi connectivity index (χ3v) is 6.75. The smallest absolute Gasteiger partial charge is 0.167 e. The molecule has 0 fully saturated rings. The zero-order valence-electron chi connectivity index (χ0n) is 17.8. The first-order chi connectivity index (χ1) is 15.6. The van der Waals surface area contributed by atoms with E-state index in [1.807, 2.05) is 30.6 Å². The van der Waals surface area contributed by atoms with E-state index in [9.17, 15) is 4.79 Å². The van der Waals surface area contributed by atoms with Crippen LogP contribution in [0, 0.1) is 12.7 Å². The number of ketones is 1. The van der Waals surface area contributed by atoms with Gasteiger partial charge in [0.15, 0.2) is 5.78 Å². The Balaban J connectivity index is 1.44. The minimum atomic E-state index is -0.327. The fourth-order valence-corrected chi connectivity index (χ4v) is 5.09. The number of nitrogens with one attached hydrogen (secondary N) is 1. The van der Waals surface area contributed by atoms with Crippen LogP contribution in [0.15, 0.2) is 48.4 Å². The van der Waals surface area contributed by atoms with Crippen molar-refractivity contribution in [1.82, 2.24) is 9.97 Å². The summed E-state index contributed by atoms with van der Waals surface area (Å²) in [5.74, 6) is -0.361. The molecule has 0 amide bonds. The number of carbonyl (C=O) groups is 1. The molecule has 5 heteroatoms. The fourth-order valence-electron chi connectivity index (χ4n) is 5.09. The lowest BCUT2D eigenvalue weighted by Crippen LogP contribution is -2.14. The van der Waals surface area contributed by atoms with Crippen molar-refractivity contribution >= 4 is 23.1 Å². The van der Waals surface area contributed by atoms with Crippen molar-refractivity contribution in [3.05, 3.63) is 87.8 Å². The third-order valence-electron chi connectivity index (χ3n) is 6.75. The first-order valence-electron chi connectivity index (χ1n) is 11.0. The van der Waals surface area contributed by atoms with E-state index in [1.54, 1.807) is 12.3 Å². The van der Waals surface area contributed by atoms with Crippen LogP contribution >= 0.6 is 0 Å². The lowest BCUT2D eigenvalue weighted by atomic mass is 9.94. The molecule has 0 saturated carbocycles. The van der Waals surface area contributed by atoms with Gasteiger partial charge < -0.3 is 5.32 Å². The molecule has 0 unspecified atom stereocenters. The maximum Gasteiger partial charge on any atom is 0.167 e. The molecular weight excluding hydrogens is 401 g/mol. The number of aryl methyl sites for hydroxylation is 1. The van der Waals surface area contributed by atoms with Crippen molar-refractivity contribution < 1.29 is 9.18 Å². The van der Waals surface area contributed by atoms with E-state index < -0.39 is 0 Å². The number of pyridine rings is 2. The molecule has 6 rings (SSSR count). The van der Waals surface area contributed by atoms with Gasteiger partial charge in [-0.25, -0.2) is 4.39 Å². The number of hydrogen-bond acceptors (Lipinski definition) is 4. The number of halogens is 1. The van der Waals surface area contributed by atoms with Crippen LogP contribution in [0.4, 0.5) is 10.1 Å². The third kappa shape index (κ3) is 3.00. The number of carbonyl (C=O) groups excluding carboxylic acids is 1. The largest absolute Gasteiger partial charge is 0.383 e. The molecule has 1 aliphatic heterocycles. The normalized spacial score (nSPS) is 17.6. The molecule has 2 aliphatic carbocycles. The molecule has 0 atom stereocenters. The number of hydrogen-bond donors (Lipinski definition) is 1. The highest BCUT2D eigenvalue weighted by molar-refractivity contribution is 6.26. The van der Waals surface area contributed by atoms with Gasteiger partial charge in [0.25, 0.3) is 0 Å². The highest BCUT2D eigenvalue weighted by atomic mass is 19.1. The number of benzene rings is 1. The summed E-state index contributed by atoms with van der Waals surface area (Å²) in [5, 5.41) is 3.45. The number of rotatable bonds is 2. The average molecular weight is 423 g/mol. The number of nitrogens with zero attached hydrogens (tertiary/aromatic N) is 2. The topological polar surface area (TPSA) is 54.9 Å².